The van der Waals surface area contributed by atoms with Crippen LogP contribution < -0.4 is 5.43 Å². The Morgan fingerprint density at radius 1 is 1.24 bits per heavy atom. The van der Waals surface area contributed by atoms with E-state index in [0.29, 0.717) is 22.4 Å². The normalized spacial score (nSPS) is 10.4. The fourth-order valence-electron chi connectivity index (χ4n) is 2.87. The fourth-order valence-corrected chi connectivity index (χ4v) is 2.87. The molecule has 0 fully saturated rings. The summed E-state index contributed by atoms with van der Waals surface area (Å²) in [5.74, 6) is -0.471. The Morgan fingerprint density at radius 3 is 2.76 bits per heavy atom. The van der Waals surface area contributed by atoms with Gasteiger partial charge in [0.2, 0.25) is 0 Å². The topological polar surface area (TPSA) is 72.1 Å². The molecule has 1 aromatic carbocycles. The van der Waals surface area contributed by atoms with E-state index in [-0.39, 0.29) is 12.0 Å². The summed E-state index contributed by atoms with van der Waals surface area (Å²) in [6.45, 7) is 3.78. The summed E-state index contributed by atoms with van der Waals surface area (Å²) in [5, 5.41) is 9.13. The van der Waals surface area contributed by atoms with E-state index < -0.39 is 5.97 Å². The molecule has 0 saturated heterocycles. The summed E-state index contributed by atoms with van der Waals surface area (Å²) in [7, 11) is 0. The van der Waals surface area contributed by atoms with Gasteiger partial charge in [-0.1, -0.05) is 6.07 Å². The van der Waals surface area contributed by atoms with E-state index in [1.807, 2.05) is 16.8 Å². The van der Waals surface area contributed by atoms with Gasteiger partial charge in [0.05, 0.1) is 23.8 Å². The first kappa shape index (κ1) is 16.5. The number of rotatable bonds is 3. The lowest BCUT2D eigenvalue weighted by molar-refractivity contribution is 0.0525. The highest BCUT2D eigenvalue weighted by Crippen LogP contribution is 2.30. The Morgan fingerprint density at radius 2 is 2.04 bits per heavy atom. The second-order valence-electron chi connectivity index (χ2n) is 5.59. The first-order chi connectivity index (χ1) is 12.0. The van der Waals surface area contributed by atoms with Crippen molar-refractivity contribution in [2.45, 2.75) is 13.8 Å². The van der Waals surface area contributed by atoms with Crippen molar-refractivity contribution in [2.75, 3.05) is 6.61 Å². The SMILES string of the molecule is CCOC(=O)c1c2cc(=O)ccc-2cn(-c2cccc(C#N)c2)c1C. The number of carbonyl (C=O) groups excluding carboxylic acids is 1. The van der Waals surface area contributed by atoms with Crippen LogP contribution in [0.1, 0.15) is 28.5 Å². The molecule has 1 aromatic rings. The highest BCUT2D eigenvalue weighted by molar-refractivity contribution is 5.99. The number of hydrogen-bond acceptors (Lipinski definition) is 4. The summed E-state index contributed by atoms with van der Waals surface area (Å²) in [5.41, 5.74) is 3.44. The average molecular weight is 332 g/mol. The molecule has 5 nitrogen and oxygen atoms in total. The van der Waals surface area contributed by atoms with Crippen molar-refractivity contribution in [2.24, 2.45) is 0 Å². The van der Waals surface area contributed by atoms with Gasteiger partial charge in [0.15, 0.2) is 5.43 Å². The minimum absolute atomic E-state index is 0.165. The van der Waals surface area contributed by atoms with Crippen LogP contribution in [-0.2, 0) is 4.74 Å². The number of pyridine rings is 1. The highest BCUT2D eigenvalue weighted by atomic mass is 16.5. The van der Waals surface area contributed by atoms with E-state index in [4.69, 9.17) is 10.00 Å². The van der Waals surface area contributed by atoms with Crippen molar-refractivity contribution in [3.63, 3.8) is 0 Å². The molecule has 1 aliphatic heterocycles. The van der Waals surface area contributed by atoms with Crippen LogP contribution in [0.3, 0.4) is 0 Å². The van der Waals surface area contributed by atoms with E-state index in [1.165, 1.54) is 12.1 Å². The van der Waals surface area contributed by atoms with Gasteiger partial charge >= 0.3 is 5.97 Å². The molecule has 0 unspecified atom stereocenters. The molecule has 0 bridgehead atoms. The fraction of sp³-hybridized carbons (Fsp3) is 0.150. The van der Waals surface area contributed by atoms with Crippen LogP contribution in [0.4, 0.5) is 0 Å². The first-order valence-corrected chi connectivity index (χ1v) is 7.89. The third-order valence-corrected chi connectivity index (χ3v) is 4.02. The van der Waals surface area contributed by atoms with Crippen LogP contribution in [0.25, 0.3) is 16.8 Å². The van der Waals surface area contributed by atoms with E-state index in [2.05, 4.69) is 6.07 Å². The van der Waals surface area contributed by atoms with Gasteiger partial charge in [-0.15, -0.1) is 0 Å². The second kappa shape index (κ2) is 6.62. The predicted molar refractivity (Wildman–Crippen MR) is 94.1 cm³/mol. The zero-order valence-electron chi connectivity index (χ0n) is 13.9. The maximum atomic E-state index is 12.5. The summed E-state index contributed by atoms with van der Waals surface area (Å²) < 4.78 is 7.02. The lowest BCUT2D eigenvalue weighted by Crippen LogP contribution is -2.16. The van der Waals surface area contributed by atoms with E-state index in [9.17, 15) is 9.59 Å². The molecule has 1 aliphatic carbocycles. The van der Waals surface area contributed by atoms with Crippen molar-refractivity contribution in [1.82, 2.24) is 4.57 Å². The molecule has 0 aromatic heterocycles. The third kappa shape index (κ3) is 3.02. The minimum Gasteiger partial charge on any atom is -0.462 e. The van der Waals surface area contributed by atoms with Crippen LogP contribution in [0.5, 0.6) is 0 Å². The van der Waals surface area contributed by atoms with Gasteiger partial charge in [0.1, 0.15) is 0 Å². The number of hydrogen-bond donors (Lipinski definition) is 0. The van der Waals surface area contributed by atoms with Crippen LogP contribution in [0.15, 0.2) is 53.5 Å². The molecular weight excluding hydrogens is 316 g/mol. The maximum absolute atomic E-state index is 12.5. The lowest BCUT2D eigenvalue weighted by atomic mass is 9.97. The summed E-state index contributed by atoms with van der Waals surface area (Å²) >= 11 is 0. The minimum atomic E-state index is -0.471. The molecule has 25 heavy (non-hydrogen) atoms. The van der Waals surface area contributed by atoms with E-state index in [0.717, 1.165) is 11.3 Å². The van der Waals surface area contributed by atoms with Crippen molar-refractivity contribution < 1.29 is 9.53 Å². The summed E-state index contributed by atoms with van der Waals surface area (Å²) in [4.78, 5) is 24.3. The number of benzene rings is 2. The van der Waals surface area contributed by atoms with Crippen LogP contribution in [0.2, 0.25) is 0 Å². The summed E-state index contributed by atoms with van der Waals surface area (Å²) in [6.07, 6.45) is 1.85. The predicted octanol–water partition coefficient (Wildman–Crippen LogP) is 3.30. The largest absolute Gasteiger partial charge is 0.462 e. The monoisotopic (exact) mass is 332 g/mol. The molecular formula is C20H16N2O3. The molecule has 0 N–H and O–H groups in total. The molecule has 124 valence electrons. The summed E-state index contributed by atoms with van der Waals surface area (Å²) in [6, 6.07) is 13.8. The van der Waals surface area contributed by atoms with E-state index >= 15 is 0 Å². The molecule has 0 radical (unpaired) electrons. The van der Waals surface area contributed by atoms with Gasteiger partial charge in [-0.05, 0) is 55.8 Å². The number of aromatic nitrogens is 1. The Hall–Kier alpha value is -3.39. The van der Waals surface area contributed by atoms with Crippen LogP contribution in [-0.4, -0.2) is 17.1 Å². The van der Waals surface area contributed by atoms with Gasteiger partial charge in [-0.3, -0.25) is 4.79 Å². The Kier molecular flexibility index (Phi) is 4.36. The Labute approximate surface area is 145 Å². The molecule has 3 rings (SSSR count). The van der Waals surface area contributed by atoms with E-state index in [1.54, 1.807) is 38.1 Å². The maximum Gasteiger partial charge on any atom is 0.340 e. The second-order valence-corrected chi connectivity index (χ2v) is 5.59. The molecule has 1 heterocycles. The molecule has 0 atom stereocenters. The van der Waals surface area contributed by atoms with Gasteiger partial charge in [0, 0.05) is 23.1 Å². The Bertz CT molecular complexity index is 1030. The molecule has 2 aliphatic rings. The number of nitriles is 1. The average Bonchev–Trinajstić information content (AvgIpc) is 2.61. The molecule has 0 saturated carbocycles. The standard InChI is InChI=1S/C20H16N2O3/c1-3-25-20(24)19-13(2)22(16-6-4-5-14(9-16)11-21)12-15-7-8-17(23)10-18(15)19/h4-10,12H,3H2,1-2H3. The Balaban J connectivity index is 2.34. The van der Waals surface area contributed by atoms with Gasteiger partial charge < -0.3 is 9.30 Å². The number of esters is 1. The number of carbonyl (C=O) groups is 1. The molecule has 0 spiro atoms. The highest BCUT2D eigenvalue weighted by Gasteiger charge is 2.22. The number of nitrogens with zero attached hydrogens (tertiary/aromatic N) is 2. The quantitative estimate of drug-likeness (QED) is 0.690. The molecule has 5 heteroatoms. The van der Waals surface area contributed by atoms with Crippen molar-refractivity contribution in [1.29, 1.82) is 5.26 Å². The number of ether oxygens (including phenoxy) is 1. The molecule has 0 amide bonds. The van der Waals surface area contributed by atoms with Gasteiger partial charge in [0.25, 0.3) is 0 Å². The van der Waals surface area contributed by atoms with Crippen LogP contribution >= 0.6 is 0 Å². The zero-order valence-corrected chi connectivity index (χ0v) is 13.9. The first-order valence-electron chi connectivity index (χ1n) is 7.89. The zero-order chi connectivity index (χ0) is 18.0. The van der Waals surface area contributed by atoms with Crippen LogP contribution in [0, 0.1) is 18.3 Å². The number of fused-ring (bicyclic) bond motifs is 1. The van der Waals surface area contributed by atoms with Gasteiger partial charge in [-0.25, -0.2) is 4.79 Å². The third-order valence-electron chi connectivity index (χ3n) is 4.02. The van der Waals surface area contributed by atoms with Crippen molar-refractivity contribution in [3.8, 4) is 22.9 Å². The van der Waals surface area contributed by atoms with Crippen molar-refractivity contribution in [3.05, 3.63) is 75.7 Å². The van der Waals surface area contributed by atoms with Crippen molar-refractivity contribution >= 4 is 5.97 Å². The smallest absolute Gasteiger partial charge is 0.340 e. The van der Waals surface area contributed by atoms with Gasteiger partial charge in [-0.2, -0.15) is 5.26 Å². The lowest BCUT2D eigenvalue weighted by Gasteiger charge is -2.20.